The number of rotatable bonds is 4. The third-order valence-electron chi connectivity index (χ3n) is 1.86. The molecule has 15 heavy (non-hydrogen) atoms. The average molecular weight is 214 g/mol. The Morgan fingerprint density at radius 3 is 2.73 bits per heavy atom. The SMILES string of the molecule is CNCCNC(=O)c1cccc(F)c1F. The van der Waals surface area contributed by atoms with E-state index in [1.807, 2.05) is 0 Å². The Hall–Kier alpha value is -1.49. The van der Waals surface area contributed by atoms with Crippen molar-refractivity contribution in [3.05, 3.63) is 35.4 Å². The predicted octanol–water partition coefficient (Wildman–Crippen LogP) is 0.914. The van der Waals surface area contributed by atoms with Crippen LogP contribution in [0.2, 0.25) is 0 Å². The molecule has 0 atom stereocenters. The summed E-state index contributed by atoms with van der Waals surface area (Å²) in [5.74, 6) is -2.74. The minimum absolute atomic E-state index is 0.272. The Morgan fingerprint density at radius 1 is 1.33 bits per heavy atom. The van der Waals surface area contributed by atoms with Crippen LogP contribution in [0.3, 0.4) is 0 Å². The zero-order chi connectivity index (χ0) is 11.3. The lowest BCUT2D eigenvalue weighted by Crippen LogP contribution is -2.31. The second kappa shape index (κ2) is 5.41. The summed E-state index contributed by atoms with van der Waals surface area (Å²) in [6.45, 7) is 0.938. The van der Waals surface area contributed by atoms with Crippen LogP contribution in [0.25, 0.3) is 0 Å². The number of carbonyl (C=O) groups is 1. The van der Waals surface area contributed by atoms with Crippen molar-refractivity contribution in [1.29, 1.82) is 0 Å². The van der Waals surface area contributed by atoms with Crippen LogP contribution < -0.4 is 10.6 Å². The molecule has 0 bridgehead atoms. The van der Waals surface area contributed by atoms with Crippen molar-refractivity contribution in [1.82, 2.24) is 10.6 Å². The molecule has 0 spiro atoms. The molecular weight excluding hydrogens is 202 g/mol. The van der Waals surface area contributed by atoms with Crippen molar-refractivity contribution in [3.63, 3.8) is 0 Å². The minimum Gasteiger partial charge on any atom is -0.351 e. The Labute approximate surface area is 86.5 Å². The zero-order valence-corrected chi connectivity index (χ0v) is 8.31. The average Bonchev–Trinajstić information content (AvgIpc) is 2.22. The maximum Gasteiger partial charge on any atom is 0.254 e. The Bertz CT molecular complexity index is 355. The molecule has 5 heteroatoms. The molecule has 0 saturated heterocycles. The number of benzene rings is 1. The van der Waals surface area contributed by atoms with Gasteiger partial charge in [0.2, 0.25) is 0 Å². The monoisotopic (exact) mass is 214 g/mol. The van der Waals surface area contributed by atoms with E-state index in [0.717, 1.165) is 6.07 Å². The van der Waals surface area contributed by atoms with Gasteiger partial charge in [-0.05, 0) is 19.2 Å². The molecule has 0 unspecified atom stereocenters. The van der Waals surface area contributed by atoms with Crippen molar-refractivity contribution >= 4 is 5.91 Å². The molecule has 0 radical (unpaired) electrons. The van der Waals surface area contributed by atoms with Crippen LogP contribution in [-0.4, -0.2) is 26.0 Å². The number of nitrogens with one attached hydrogen (secondary N) is 2. The topological polar surface area (TPSA) is 41.1 Å². The molecule has 2 N–H and O–H groups in total. The van der Waals surface area contributed by atoms with E-state index in [0.29, 0.717) is 13.1 Å². The molecule has 1 aromatic carbocycles. The molecule has 3 nitrogen and oxygen atoms in total. The summed E-state index contributed by atoms with van der Waals surface area (Å²) in [7, 11) is 1.73. The molecular formula is C10H12F2N2O. The van der Waals surface area contributed by atoms with Crippen LogP contribution in [0.15, 0.2) is 18.2 Å². The van der Waals surface area contributed by atoms with E-state index in [9.17, 15) is 13.6 Å². The van der Waals surface area contributed by atoms with Gasteiger partial charge < -0.3 is 10.6 Å². The summed E-state index contributed by atoms with van der Waals surface area (Å²) in [6.07, 6.45) is 0. The number of amides is 1. The number of hydrogen-bond donors (Lipinski definition) is 2. The summed E-state index contributed by atoms with van der Waals surface area (Å²) < 4.78 is 25.9. The van der Waals surface area contributed by atoms with Crippen LogP contribution in [0.4, 0.5) is 8.78 Å². The van der Waals surface area contributed by atoms with Crippen molar-refractivity contribution in [2.75, 3.05) is 20.1 Å². The summed E-state index contributed by atoms with van der Waals surface area (Å²) in [6, 6.07) is 3.51. The maximum absolute atomic E-state index is 13.1. The lowest BCUT2D eigenvalue weighted by Gasteiger charge is -2.05. The van der Waals surface area contributed by atoms with Gasteiger partial charge in [-0.2, -0.15) is 0 Å². The first-order valence-corrected chi connectivity index (χ1v) is 4.53. The van der Waals surface area contributed by atoms with Gasteiger partial charge in [0, 0.05) is 13.1 Å². The fourth-order valence-corrected chi connectivity index (χ4v) is 1.08. The van der Waals surface area contributed by atoms with Crippen LogP contribution in [0.5, 0.6) is 0 Å². The first kappa shape index (κ1) is 11.6. The third-order valence-corrected chi connectivity index (χ3v) is 1.86. The lowest BCUT2D eigenvalue weighted by atomic mass is 10.2. The summed E-state index contributed by atoms with van der Waals surface area (Å²) in [5, 5.41) is 5.28. The van der Waals surface area contributed by atoms with Gasteiger partial charge in [-0.15, -0.1) is 0 Å². The fourth-order valence-electron chi connectivity index (χ4n) is 1.08. The van der Waals surface area contributed by atoms with E-state index in [2.05, 4.69) is 10.6 Å². The maximum atomic E-state index is 13.1. The van der Waals surface area contributed by atoms with Crippen LogP contribution in [-0.2, 0) is 0 Å². The molecule has 82 valence electrons. The zero-order valence-electron chi connectivity index (χ0n) is 8.31. The van der Waals surface area contributed by atoms with Crippen molar-refractivity contribution in [2.24, 2.45) is 0 Å². The van der Waals surface area contributed by atoms with Gasteiger partial charge >= 0.3 is 0 Å². The highest BCUT2D eigenvalue weighted by Gasteiger charge is 2.13. The van der Waals surface area contributed by atoms with Gasteiger partial charge in [0.1, 0.15) is 0 Å². The molecule has 0 aromatic heterocycles. The number of carbonyl (C=O) groups excluding carboxylic acids is 1. The molecule has 1 aromatic rings. The molecule has 1 amide bonds. The summed E-state index contributed by atoms with van der Waals surface area (Å²) >= 11 is 0. The fraction of sp³-hybridized carbons (Fsp3) is 0.300. The Morgan fingerprint density at radius 2 is 2.07 bits per heavy atom. The first-order valence-electron chi connectivity index (χ1n) is 4.53. The van der Waals surface area contributed by atoms with E-state index < -0.39 is 17.5 Å². The third kappa shape index (κ3) is 2.99. The second-order valence-corrected chi connectivity index (χ2v) is 2.96. The lowest BCUT2D eigenvalue weighted by molar-refractivity contribution is 0.0949. The van der Waals surface area contributed by atoms with Crippen LogP contribution in [0, 0.1) is 11.6 Å². The molecule has 0 fully saturated rings. The van der Waals surface area contributed by atoms with Crippen molar-refractivity contribution in [3.8, 4) is 0 Å². The highest BCUT2D eigenvalue weighted by atomic mass is 19.2. The van der Waals surface area contributed by atoms with Gasteiger partial charge in [0.15, 0.2) is 11.6 Å². The highest BCUT2D eigenvalue weighted by molar-refractivity contribution is 5.94. The van der Waals surface area contributed by atoms with Gasteiger partial charge in [0.05, 0.1) is 5.56 Å². The number of likely N-dealkylation sites (N-methyl/N-ethyl adjacent to an activating group) is 1. The molecule has 0 heterocycles. The van der Waals surface area contributed by atoms with E-state index in [1.165, 1.54) is 12.1 Å². The largest absolute Gasteiger partial charge is 0.351 e. The molecule has 0 aliphatic heterocycles. The summed E-state index contributed by atoms with van der Waals surface area (Å²) in [5.41, 5.74) is -0.272. The quantitative estimate of drug-likeness (QED) is 0.731. The van der Waals surface area contributed by atoms with E-state index in [-0.39, 0.29) is 5.56 Å². The van der Waals surface area contributed by atoms with E-state index in [4.69, 9.17) is 0 Å². The normalized spacial score (nSPS) is 10.1. The molecule has 0 aliphatic rings. The predicted molar refractivity (Wildman–Crippen MR) is 52.6 cm³/mol. The highest BCUT2D eigenvalue weighted by Crippen LogP contribution is 2.10. The molecule has 1 rings (SSSR count). The Balaban J connectivity index is 2.69. The first-order chi connectivity index (χ1) is 7.16. The standard InChI is InChI=1S/C10H12F2N2O/c1-13-5-6-14-10(15)7-3-2-4-8(11)9(7)12/h2-4,13H,5-6H2,1H3,(H,14,15). The van der Waals surface area contributed by atoms with Gasteiger partial charge in [-0.25, -0.2) is 8.78 Å². The number of halogens is 2. The van der Waals surface area contributed by atoms with Crippen molar-refractivity contribution < 1.29 is 13.6 Å². The summed E-state index contributed by atoms with van der Waals surface area (Å²) in [4.78, 5) is 11.3. The number of hydrogen-bond acceptors (Lipinski definition) is 2. The Kier molecular flexibility index (Phi) is 4.17. The second-order valence-electron chi connectivity index (χ2n) is 2.96. The van der Waals surface area contributed by atoms with E-state index in [1.54, 1.807) is 7.05 Å². The molecule has 0 saturated carbocycles. The van der Waals surface area contributed by atoms with Gasteiger partial charge in [0.25, 0.3) is 5.91 Å². The van der Waals surface area contributed by atoms with Crippen LogP contribution in [0.1, 0.15) is 10.4 Å². The van der Waals surface area contributed by atoms with Crippen LogP contribution >= 0.6 is 0 Å². The smallest absolute Gasteiger partial charge is 0.254 e. The van der Waals surface area contributed by atoms with Crippen molar-refractivity contribution in [2.45, 2.75) is 0 Å². The van der Waals surface area contributed by atoms with Gasteiger partial charge in [-0.3, -0.25) is 4.79 Å². The van der Waals surface area contributed by atoms with Gasteiger partial charge in [-0.1, -0.05) is 6.07 Å². The van der Waals surface area contributed by atoms with E-state index >= 15 is 0 Å². The molecule has 0 aliphatic carbocycles. The minimum atomic E-state index is -1.11.